The van der Waals surface area contributed by atoms with E-state index in [0.29, 0.717) is 6.54 Å². The Labute approximate surface area is 106 Å². The van der Waals surface area contributed by atoms with Crippen LogP contribution in [0.3, 0.4) is 0 Å². The summed E-state index contributed by atoms with van der Waals surface area (Å²) in [6.07, 6.45) is 1.98. The number of aliphatic carboxylic acids is 1. The number of likely N-dealkylation sites (N-methyl/N-ethyl adjacent to an activating group) is 1. The Morgan fingerprint density at radius 3 is 2.83 bits per heavy atom. The van der Waals surface area contributed by atoms with Crippen LogP contribution in [-0.2, 0) is 14.3 Å². The van der Waals surface area contributed by atoms with Crippen molar-refractivity contribution in [1.82, 2.24) is 10.2 Å². The lowest BCUT2D eigenvalue weighted by Crippen LogP contribution is -2.50. The number of urea groups is 1. The first-order valence-electron chi connectivity index (χ1n) is 5.89. The van der Waals surface area contributed by atoms with Gasteiger partial charge in [0.2, 0.25) is 0 Å². The highest BCUT2D eigenvalue weighted by Gasteiger charge is 2.24. The molecule has 0 spiro atoms. The number of carboxylic acids is 1. The van der Waals surface area contributed by atoms with Crippen LogP contribution in [0.4, 0.5) is 4.79 Å². The molecule has 2 amide bonds. The third-order valence-corrected chi connectivity index (χ3v) is 2.78. The van der Waals surface area contributed by atoms with E-state index in [1.165, 1.54) is 12.0 Å². The molecular weight excluding hydrogens is 240 g/mol. The molecule has 7 nitrogen and oxygen atoms in total. The Morgan fingerprint density at radius 2 is 2.33 bits per heavy atom. The fraction of sp³-hybridized carbons (Fsp3) is 0.818. The lowest BCUT2D eigenvalue weighted by atomic mass is 10.2. The van der Waals surface area contributed by atoms with Crippen molar-refractivity contribution in [2.45, 2.75) is 25.0 Å². The standard InChI is InChI=1S/C11H20N2O5/c1-13(6-8-4-3-5-18-8)11(16)12-9(7-17-2)10(14)15/h8-9H,3-7H2,1-2H3,(H,12,16)(H,14,15). The van der Waals surface area contributed by atoms with Gasteiger partial charge in [0.1, 0.15) is 0 Å². The highest BCUT2D eigenvalue weighted by atomic mass is 16.5. The van der Waals surface area contributed by atoms with Crippen molar-refractivity contribution in [2.24, 2.45) is 0 Å². The van der Waals surface area contributed by atoms with Crippen molar-refractivity contribution in [1.29, 1.82) is 0 Å². The Bertz CT molecular complexity index is 291. The maximum Gasteiger partial charge on any atom is 0.328 e. The summed E-state index contributed by atoms with van der Waals surface area (Å²) in [5.74, 6) is -1.12. The number of carboxylic acid groups (broad SMARTS) is 1. The average molecular weight is 260 g/mol. The van der Waals surface area contributed by atoms with Gasteiger partial charge in [0.05, 0.1) is 12.7 Å². The molecule has 0 saturated carbocycles. The molecule has 0 radical (unpaired) electrons. The molecular formula is C11H20N2O5. The molecule has 1 saturated heterocycles. The van der Waals surface area contributed by atoms with Gasteiger partial charge in [-0.05, 0) is 12.8 Å². The van der Waals surface area contributed by atoms with E-state index in [0.717, 1.165) is 19.4 Å². The van der Waals surface area contributed by atoms with Gasteiger partial charge in [-0.1, -0.05) is 0 Å². The molecule has 1 aliphatic heterocycles. The summed E-state index contributed by atoms with van der Waals surface area (Å²) in [7, 11) is 3.00. The zero-order chi connectivity index (χ0) is 13.5. The van der Waals surface area contributed by atoms with Crippen LogP contribution >= 0.6 is 0 Å². The summed E-state index contributed by atoms with van der Waals surface area (Å²) in [5.41, 5.74) is 0. The summed E-state index contributed by atoms with van der Waals surface area (Å²) in [5, 5.41) is 11.3. The zero-order valence-corrected chi connectivity index (χ0v) is 10.7. The van der Waals surface area contributed by atoms with Gasteiger partial charge in [0.25, 0.3) is 0 Å². The zero-order valence-electron chi connectivity index (χ0n) is 10.7. The number of amides is 2. The smallest absolute Gasteiger partial charge is 0.328 e. The van der Waals surface area contributed by atoms with Crippen molar-refractivity contribution < 1.29 is 24.2 Å². The van der Waals surface area contributed by atoms with Gasteiger partial charge < -0.3 is 24.8 Å². The molecule has 1 aliphatic rings. The minimum Gasteiger partial charge on any atom is -0.480 e. The normalized spacial score (nSPS) is 20.4. The third kappa shape index (κ3) is 4.50. The van der Waals surface area contributed by atoms with Crippen molar-refractivity contribution in [2.75, 3.05) is 33.9 Å². The van der Waals surface area contributed by atoms with Crippen LogP contribution in [0.15, 0.2) is 0 Å². The van der Waals surface area contributed by atoms with Crippen molar-refractivity contribution >= 4 is 12.0 Å². The summed E-state index contributed by atoms with van der Waals surface area (Å²) in [6, 6.07) is -1.47. The molecule has 7 heteroatoms. The van der Waals surface area contributed by atoms with E-state index in [1.807, 2.05) is 0 Å². The number of methoxy groups -OCH3 is 1. The Hall–Kier alpha value is -1.34. The molecule has 104 valence electrons. The molecule has 0 aromatic heterocycles. The van der Waals surface area contributed by atoms with Gasteiger partial charge in [-0.3, -0.25) is 0 Å². The monoisotopic (exact) mass is 260 g/mol. The highest BCUT2D eigenvalue weighted by Crippen LogP contribution is 2.12. The average Bonchev–Trinajstić information content (AvgIpc) is 2.80. The van der Waals surface area contributed by atoms with Crippen LogP contribution in [0.2, 0.25) is 0 Å². The Kier molecular flexibility index (Phi) is 5.87. The van der Waals surface area contributed by atoms with E-state index < -0.39 is 18.0 Å². The minimum atomic E-state index is -1.12. The van der Waals surface area contributed by atoms with Gasteiger partial charge in [0, 0.05) is 27.3 Å². The molecule has 2 unspecified atom stereocenters. The second-order valence-corrected chi connectivity index (χ2v) is 4.31. The molecule has 18 heavy (non-hydrogen) atoms. The van der Waals surface area contributed by atoms with Crippen LogP contribution in [-0.4, -0.2) is 68.1 Å². The third-order valence-electron chi connectivity index (χ3n) is 2.78. The fourth-order valence-electron chi connectivity index (χ4n) is 1.78. The number of hydrogen-bond acceptors (Lipinski definition) is 4. The molecule has 2 atom stereocenters. The fourth-order valence-corrected chi connectivity index (χ4v) is 1.78. The minimum absolute atomic E-state index is 0.0476. The van der Waals surface area contributed by atoms with Gasteiger partial charge >= 0.3 is 12.0 Å². The number of carbonyl (C=O) groups excluding carboxylic acids is 1. The van der Waals surface area contributed by atoms with Gasteiger partial charge in [-0.15, -0.1) is 0 Å². The van der Waals surface area contributed by atoms with E-state index in [4.69, 9.17) is 14.6 Å². The van der Waals surface area contributed by atoms with Gasteiger partial charge in [-0.2, -0.15) is 0 Å². The number of rotatable bonds is 6. The van der Waals surface area contributed by atoms with E-state index in [9.17, 15) is 9.59 Å². The van der Waals surface area contributed by atoms with Crippen LogP contribution in [0.25, 0.3) is 0 Å². The van der Waals surface area contributed by atoms with E-state index in [1.54, 1.807) is 7.05 Å². The molecule has 0 aliphatic carbocycles. The lowest BCUT2D eigenvalue weighted by molar-refractivity contribution is -0.140. The molecule has 1 heterocycles. The second-order valence-electron chi connectivity index (χ2n) is 4.31. The topological polar surface area (TPSA) is 88.1 Å². The van der Waals surface area contributed by atoms with Crippen molar-refractivity contribution in [3.63, 3.8) is 0 Å². The molecule has 0 aromatic carbocycles. The maximum absolute atomic E-state index is 11.8. The maximum atomic E-state index is 11.8. The second kappa shape index (κ2) is 7.17. The van der Waals surface area contributed by atoms with Gasteiger partial charge in [0.15, 0.2) is 6.04 Å². The Morgan fingerprint density at radius 1 is 1.61 bits per heavy atom. The predicted octanol–water partition coefficient (Wildman–Crippen LogP) is -0.0936. The highest BCUT2D eigenvalue weighted by molar-refractivity contribution is 5.82. The summed E-state index contributed by atoms with van der Waals surface area (Å²) >= 11 is 0. The van der Waals surface area contributed by atoms with Crippen LogP contribution in [0, 0.1) is 0 Å². The number of nitrogens with zero attached hydrogens (tertiary/aromatic N) is 1. The summed E-state index contributed by atoms with van der Waals surface area (Å²) in [6.45, 7) is 1.13. The first kappa shape index (κ1) is 14.7. The summed E-state index contributed by atoms with van der Waals surface area (Å²) < 4.78 is 10.2. The number of carbonyl (C=O) groups is 2. The van der Waals surface area contributed by atoms with E-state index in [-0.39, 0.29) is 12.7 Å². The van der Waals surface area contributed by atoms with Crippen molar-refractivity contribution in [3.05, 3.63) is 0 Å². The van der Waals surface area contributed by atoms with Gasteiger partial charge in [-0.25, -0.2) is 9.59 Å². The Balaban J connectivity index is 2.39. The number of nitrogens with one attached hydrogen (secondary N) is 1. The van der Waals surface area contributed by atoms with E-state index >= 15 is 0 Å². The van der Waals surface area contributed by atoms with Crippen LogP contribution in [0.5, 0.6) is 0 Å². The molecule has 2 N–H and O–H groups in total. The first-order chi connectivity index (χ1) is 8.54. The quantitative estimate of drug-likeness (QED) is 0.696. The molecule has 1 fully saturated rings. The number of ether oxygens (including phenoxy) is 2. The lowest BCUT2D eigenvalue weighted by Gasteiger charge is -2.23. The molecule has 0 aromatic rings. The number of hydrogen-bond donors (Lipinski definition) is 2. The first-order valence-corrected chi connectivity index (χ1v) is 5.89. The van der Waals surface area contributed by atoms with Crippen molar-refractivity contribution in [3.8, 4) is 0 Å². The van der Waals surface area contributed by atoms with Crippen LogP contribution < -0.4 is 5.32 Å². The van der Waals surface area contributed by atoms with Crippen LogP contribution in [0.1, 0.15) is 12.8 Å². The molecule has 1 rings (SSSR count). The predicted molar refractivity (Wildman–Crippen MR) is 63.4 cm³/mol. The SMILES string of the molecule is COCC(NC(=O)N(C)CC1CCCO1)C(=O)O. The largest absolute Gasteiger partial charge is 0.480 e. The van der Waals surface area contributed by atoms with E-state index in [2.05, 4.69) is 5.32 Å². The molecule has 0 bridgehead atoms. The summed E-state index contributed by atoms with van der Waals surface area (Å²) in [4.78, 5) is 24.0.